The molecule has 2 aromatic carbocycles. The summed E-state index contributed by atoms with van der Waals surface area (Å²) in [7, 11) is 0. The molecular formula is C19H14N4O. The van der Waals surface area contributed by atoms with E-state index < -0.39 is 0 Å². The highest BCUT2D eigenvalue weighted by Gasteiger charge is 2.09. The highest BCUT2D eigenvalue weighted by Crippen LogP contribution is 2.23. The second-order valence-corrected chi connectivity index (χ2v) is 5.36. The monoisotopic (exact) mass is 314 g/mol. The number of aromatic nitrogens is 3. The summed E-state index contributed by atoms with van der Waals surface area (Å²) in [5.74, 6) is 0.533. The van der Waals surface area contributed by atoms with Crippen LogP contribution in [0, 0.1) is 0 Å². The van der Waals surface area contributed by atoms with Crippen molar-refractivity contribution in [2.45, 2.75) is 0 Å². The fourth-order valence-corrected chi connectivity index (χ4v) is 2.60. The minimum Gasteiger partial charge on any atom is -0.321 e. The average Bonchev–Trinajstić information content (AvgIpc) is 3.17. The van der Waals surface area contributed by atoms with E-state index in [1.807, 2.05) is 42.5 Å². The lowest BCUT2D eigenvalue weighted by atomic mass is 10.1. The molecule has 0 fully saturated rings. The molecule has 0 atom stereocenters. The fraction of sp³-hybridized carbons (Fsp3) is 0. The van der Waals surface area contributed by atoms with Crippen LogP contribution in [0.2, 0.25) is 0 Å². The summed E-state index contributed by atoms with van der Waals surface area (Å²) < 4.78 is 1.78. The first-order chi connectivity index (χ1) is 11.8. The van der Waals surface area contributed by atoms with Crippen LogP contribution in [0.4, 0.5) is 5.69 Å². The number of hydrogen-bond donors (Lipinski definition) is 1. The van der Waals surface area contributed by atoms with E-state index in [-0.39, 0.29) is 5.91 Å². The van der Waals surface area contributed by atoms with E-state index in [4.69, 9.17) is 0 Å². The zero-order chi connectivity index (χ0) is 16.4. The number of nitrogens with zero attached hydrogens (tertiary/aromatic N) is 3. The summed E-state index contributed by atoms with van der Waals surface area (Å²) in [6.45, 7) is 0. The van der Waals surface area contributed by atoms with Gasteiger partial charge >= 0.3 is 0 Å². The number of pyridine rings is 1. The lowest BCUT2D eigenvalue weighted by Crippen LogP contribution is -2.12. The van der Waals surface area contributed by atoms with Crippen LogP contribution in [0.1, 0.15) is 10.4 Å². The molecule has 2 heterocycles. The van der Waals surface area contributed by atoms with Crippen molar-refractivity contribution in [1.29, 1.82) is 0 Å². The largest absolute Gasteiger partial charge is 0.321 e. The third-order valence-electron chi connectivity index (χ3n) is 3.82. The molecule has 5 nitrogen and oxygen atoms in total. The van der Waals surface area contributed by atoms with Gasteiger partial charge in [-0.2, -0.15) is 0 Å². The molecule has 0 bridgehead atoms. The second-order valence-electron chi connectivity index (χ2n) is 5.36. The van der Waals surface area contributed by atoms with Gasteiger partial charge in [-0.3, -0.25) is 9.36 Å². The number of hydrogen-bond acceptors (Lipinski definition) is 3. The minimum absolute atomic E-state index is 0.184. The maximum absolute atomic E-state index is 12.5. The molecule has 4 aromatic rings. The van der Waals surface area contributed by atoms with Gasteiger partial charge in [-0.25, -0.2) is 9.97 Å². The van der Waals surface area contributed by atoms with Crippen LogP contribution < -0.4 is 5.32 Å². The third-order valence-corrected chi connectivity index (χ3v) is 3.82. The molecule has 1 amide bonds. The first-order valence-corrected chi connectivity index (χ1v) is 7.55. The summed E-state index contributed by atoms with van der Waals surface area (Å²) >= 11 is 0. The van der Waals surface area contributed by atoms with E-state index >= 15 is 0 Å². The van der Waals surface area contributed by atoms with Crippen molar-refractivity contribution in [3.63, 3.8) is 0 Å². The molecule has 0 radical (unpaired) electrons. The van der Waals surface area contributed by atoms with E-state index in [2.05, 4.69) is 15.3 Å². The number of carbonyl (C=O) groups is 1. The van der Waals surface area contributed by atoms with Crippen LogP contribution in [0.5, 0.6) is 0 Å². The lowest BCUT2D eigenvalue weighted by molar-refractivity contribution is 0.102. The molecule has 0 saturated heterocycles. The van der Waals surface area contributed by atoms with Gasteiger partial charge in [0.15, 0.2) is 0 Å². The van der Waals surface area contributed by atoms with Crippen LogP contribution in [0.15, 0.2) is 79.5 Å². The first-order valence-electron chi connectivity index (χ1n) is 7.55. The van der Waals surface area contributed by atoms with Gasteiger partial charge in [0.1, 0.15) is 12.1 Å². The maximum atomic E-state index is 12.5. The molecular weight excluding hydrogens is 300 g/mol. The molecule has 2 aromatic heterocycles. The van der Waals surface area contributed by atoms with Crippen molar-refractivity contribution >= 4 is 22.4 Å². The summed E-state index contributed by atoms with van der Waals surface area (Å²) in [5, 5.41) is 5.05. The van der Waals surface area contributed by atoms with Crippen molar-refractivity contribution in [2.24, 2.45) is 0 Å². The normalized spacial score (nSPS) is 10.7. The molecule has 0 aliphatic heterocycles. The van der Waals surface area contributed by atoms with Gasteiger partial charge in [-0.05, 0) is 23.6 Å². The molecule has 116 valence electrons. The Morgan fingerprint density at radius 3 is 2.67 bits per heavy atom. The molecule has 0 spiro atoms. The van der Waals surface area contributed by atoms with E-state index in [0.717, 1.165) is 16.5 Å². The molecule has 0 aliphatic rings. The number of nitrogens with one attached hydrogen (secondary N) is 1. The number of fused-ring (bicyclic) bond motifs is 1. The Morgan fingerprint density at radius 2 is 1.88 bits per heavy atom. The number of imidazole rings is 1. The predicted molar refractivity (Wildman–Crippen MR) is 93.3 cm³/mol. The Labute approximate surface area is 138 Å². The Hall–Kier alpha value is -3.47. The van der Waals surface area contributed by atoms with Gasteiger partial charge in [-0.1, -0.05) is 36.4 Å². The third kappa shape index (κ3) is 2.63. The Morgan fingerprint density at radius 1 is 1.00 bits per heavy atom. The smallest absolute Gasteiger partial charge is 0.257 e. The molecule has 1 N–H and O–H groups in total. The highest BCUT2D eigenvalue weighted by atomic mass is 16.1. The standard InChI is InChI=1S/C19H14N4O/c24-19(15-8-9-18(21-12-15)23-11-10-20-13-23)22-17-7-3-5-14-4-1-2-6-16(14)17/h1-13H,(H,22,24). The van der Waals surface area contributed by atoms with Gasteiger partial charge in [0.25, 0.3) is 5.91 Å². The number of rotatable bonds is 3. The maximum Gasteiger partial charge on any atom is 0.257 e. The van der Waals surface area contributed by atoms with E-state index in [1.54, 1.807) is 41.6 Å². The second kappa shape index (κ2) is 5.96. The van der Waals surface area contributed by atoms with Crippen molar-refractivity contribution in [2.75, 3.05) is 5.32 Å². The van der Waals surface area contributed by atoms with Gasteiger partial charge in [0.05, 0.1) is 5.56 Å². The number of anilines is 1. The highest BCUT2D eigenvalue weighted by molar-refractivity contribution is 6.09. The van der Waals surface area contributed by atoms with Crippen molar-refractivity contribution < 1.29 is 4.79 Å². The summed E-state index contributed by atoms with van der Waals surface area (Å²) in [6.07, 6.45) is 6.72. The van der Waals surface area contributed by atoms with Crippen molar-refractivity contribution in [3.8, 4) is 5.82 Å². The molecule has 24 heavy (non-hydrogen) atoms. The minimum atomic E-state index is -0.184. The topological polar surface area (TPSA) is 59.8 Å². The van der Waals surface area contributed by atoms with E-state index in [9.17, 15) is 4.79 Å². The molecule has 0 aliphatic carbocycles. The predicted octanol–water partition coefficient (Wildman–Crippen LogP) is 3.67. The van der Waals surface area contributed by atoms with Crippen molar-refractivity contribution in [1.82, 2.24) is 14.5 Å². The zero-order valence-corrected chi connectivity index (χ0v) is 12.8. The van der Waals surface area contributed by atoms with Gasteiger partial charge in [0.2, 0.25) is 0 Å². The van der Waals surface area contributed by atoms with Crippen LogP contribution in [-0.2, 0) is 0 Å². The SMILES string of the molecule is O=C(Nc1cccc2ccccc12)c1ccc(-n2ccnc2)nc1. The molecule has 0 saturated carbocycles. The van der Waals surface area contributed by atoms with E-state index in [0.29, 0.717) is 11.4 Å². The zero-order valence-electron chi connectivity index (χ0n) is 12.8. The Kier molecular flexibility index (Phi) is 3.51. The number of amides is 1. The summed E-state index contributed by atoms with van der Waals surface area (Å²) in [4.78, 5) is 20.8. The van der Waals surface area contributed by atoms with Crippen LogP contribution in [0.3, 0.4) is 0 Å². The summed E-state index contributed by atoms with van der Waals surface area (Å²) in [6, 6.07) is 17.3. The fourth-order valence-electron chi connectivity index (χ4n) is 2.60. The molecule has 0 unspecified atom stereocenters. The van der Waals surface area contributed by atoms with Crippen LogP contribution >= 0.6 is 0 Å². The van der Waals surface area contributed by atoms with Crippen LogP contribution in [-0.4, -0.2) is 20.4 Å². The van der Waals surface area contributed by atoms with E-state index in [1.165, 1.54) is 0 Å². The van der Waals surface area contributed by atoms with Gasteiger partial charge in [-0.15, -0.1) is 0 Å². The first kappa shape index (κ1) is 14.1. The number of benzene rings is 2. The summed E-state index contributed by atoms with van der Waals surface area (Å²) in [5.41, 5.74) is 1.29. The van der Waals surface area contributed by atoms with Crippen molar-refractivity contribution in [3.05, 3.63) is 85.1 Å². The molecule has 4 rings (SSSR count). The number of carbonyl (C=O) groups excluding carboxylic acids is 1. The average molecular weight is 314 g/mol. The Bertz CT molecular complexity index is 986. The quantitative estimate of drug-likeness (QED) is 0.627. The van der Waals surface area contributed by atoms with Gasteiger partial charge < -0.3 is 5.32 Å². The van der Waals surface area contributed by atoms with Gasteiger partial charge in [0, 0.05) is 29.7 Å². The lowest BCUT2D eigenvalue weighted by Gasteiger charge is -2.09. The molecule has 5 heteroatoms. The van der Waals surface area contributed by atoms with Crippen LogP contribution in [0.25, 0.3) is 16.6 Å². The Balaban J connectivity index is 1.60.